The summed E-state index contributed by atoms with van der Waals surface area (Å²) >= 11 is 0. The Kier molecular flexibility index (Phi) is 5.91. The van der Waals surface area contributed by atoms with Crippen LogP contribution >= 0.6 is 0 Å². The summed E-state index contributed by atoms with van der Waals surface area (Å²) in [5, 5.41) is 9.56. The quantitative estimate of drug-likeness (QED) is 0.654. The fourth-order valence-corrected chi connectivity index (χ4v) is 2.65. The number of rotatable bonds is 7. The number of primary sulfonamides is 1. The Hall–Kier alpha value is -2.42. The lowest BCUT2D eigenvalue weighted by atomic mass is 10.2. The predicted molar refractivity (Wildman–Crippen MR) is 89.9 cm³/mol. The van der Waals surface area contributed by atoms with Crippen molar-refractivity contribution in [3.8, 4) is 5.75 Å². The Balaban J connectivity index is 1.85. The van der Waals surface area contributed by atoms with Gasteiger partial charge < -0.3 is 15.4 Å². The Morgan fingerprint density at radius 3 is 2.54 bits per heavy atom. The first kappa shape index (κ1) is 17.9. The summed E-state index contributed by atoms with van der Waals surface area (Å²) in [6.45, 7) is 0.861. The zero-order valence-electron chi connectivity index (χ0n) is 13.2. The predicted octanol–water partition coefficient (Wildman–Crippen LogP) is 0.0447. The number of hydrogen-bond acceptors (Lipinski definition) is 4. The van der Waals surface area contributed by atoms with E-state index in [9.17, 15) is 13.2 Å². The van der Waals surface area contributed by atoms with Crippen molar-refractivity contribution < 1.29 is 23.3 Å². The molecule has 2 rings (SSSR count). The maximum absolute atomic E-state index is 11.9. The van der Waals surface area contributed by atoms with Gasteiger partial charge in [0.2, 0.25) is 10.0 Å². The van der Waals surface area contributed by atoms with Crippen LogP contribution in [0.15, 0.2) is 53.4 Å². The average Bonchev–Trinajstić information content (AvgIpc) is 2.55. The lowest BCUT2D eigenvalue weighted by Gasteiger charge is -2.07. The van der Waals surface area contributed by atoms with Crippen LogP contribution in [-0.2, 0) is 21.4 Å². The lowest BCUT2D eigenvalue weighted by Crippen LogP contribution is -2.84. The Morgan fingerprint density at radius 2 is 1.92 bits per heavy atom. The topological polar surface area (TPSA) is 115 Å². The van der Waals surface area contributed by atoms with Crippen molar-refractivity contribution in [3.05, 3.63) is 54.1 Å². The number of nitrogens with one attached hydrogen (secondary N) is 1. The third kappa shape index (κ3) is 5.34. The number of benzene rings is 2. The van der Waals surface area contributed by atoms with Gasteiger partial charge in [-0.1, -0.05) is 6.07 Å². The van der Waals surface area contributed by atoms with Crippen LogP contribution in [0.3, 0.4) is 0 Å². The van der Waals surface area contributed by atoms with Gasteiger partial charge in [0.1, 0.15) is 12.3 Å². The van der Waals surface area contributed by atoms with Crippen LogP contribution in [0, 0.1) is 0 Å². The van der Waals surface area contributed by atoms with Gasteiger partial charge in [-0.15, -0.1) is 0 Å². The molecule has 0 fully saturated rings. The van der Waals surface area contributed by atoms with E-state index in [1.54, 1.807) is 13.2 Å². The number of ether oxygens (including phenoxy) is 1. The van der Waals surface area contributed by atoms with E-state index in [0.29, 0.717) is 12.2 Å². The molecule has 0 bridgehead atoms. The zero-order chi connectivity index (χ0) is 17.6. The van der Waals surface area contributed by atoms with Crippen LogP contribution in [0.25, 0.3) is 0 Å². The van der Waals surface area contributed by atoms with Crippen molar-refractivity contribution in [1.82, 2.24) is 0 Å². The highest BCUT2D eigenvalue weighted by molar-refractivity contribution is 7.89. The molecular weight excluding hydrogens is 330 g/mol. The largest absolute Gasteiger partial charge is 0.497 e. The van der Waals surface area contributed by atoms with Crippen LogP contribution in [0.5, 0.6) is 5.75 Å². The number of quaternary nitrogens is 1. The third-order valence-corrected chi connectivity index (χ3v) is 4.23. The lowest BCUT2D eigenvalue weighted by molar-refractivity contribution is -0.659. The highest BCUT2D eigenvalue weighted by atomic mass is 32.2. The third-order valence-electron chi connectivity index (χ3n) is 3.32. The van der Waals surface area contributed by atoms with Gasteiger partial charge in [0.05, 0.1) is 12.0 Å². The van der Waals surface area contributed by atoms with Crippen molar-refractivity contribution in [2.24, 2.45) is 5.14 Å². The number of amides is 1. The molecule has 0 saturated carbocycles. The fraction of sp³-hybridized carbons (Fsp3) is 0.188. The molecular formula is C16H20N3O4S+. The summed E-state index contributed by atoms with van der Waals surface area (Å²) in [6.07, 6.45) is 0. The SMILES string of the molecule is COc1ccc(C[NH2+]CC(=O)Nc2cccc(S(N)(=O)=O)c2)cc1. The van der Waals surface area contributed by atoms with Gasteiger partial charge in [-0.2, -0.15) is 0 Å². The standard InChI is InChI=1S/C16H19N3O4S/c1-23-14-7-5-12(6-8-14)10-18-11-16(20)19-13-3-2-4-15(9-13)24(17,21)22/h2-9,18H,10-11H2,1H3,(H,19,20)(H2,17,21,22)/p+1. The molecule has 0 spiro atoms. The van der Waals surface area contributed by atoms with Gasteiger partial charge in [-0.05, 0) is 42.5 Å². The Labute approximate surface area is 140 Å². The second-order valence-corrected chi connectivity index (χ2v) is 6.73. The molecule has 2 aromatic rings. The fourth-order valence-electron chi connectivity index (χ4n) is 2.09. The summed E-state index contributed by atoms with van der Waals surface area (Å²) < 4.78 is 27.7. The van der Waals surface area contributed by atoms with E-state index in [0.717, 1.165) is 11.3 Å². The first-order valence-electron chi connectivity index (χ1n) is 7.26. The van der Waals surface area contributed by atoms with Crippen LogP contribution in [-0.4, -0.2) is 28.0 Å². The molecule has 0 aliphatic rings. The van der Waals surface area contributed by atoms with Crippen LogP contribution in [0.1, 0.15) is 5.56 Å². The first-order valence-corrected chi connectivity index (χ1v) is 8.80. The van der Waals surface area contributed by atoms with Gasteiger partial charge in [0, 0.05) is 11.3 Å². The monoisotopic (exact) mass is 350 g/mol. The molecule has 0 unspecified atom stereocenters. The van der Waals surface area contributed by atoms with Gasteiger partial charge in [-0.3, -0.25) is 4.79 Å². The van der Waals surface area contributed by atoms with Crippen molar-refractivity contribution >= 4 is 21.6 Å². The molecule has 0 aromatic heterocycles. The summed E-state index contributed by atoms with van der Waals surface area (Å²) in [5.41, 5.74) is 1.46. The number of anilines is 1. The molecule has 1 amide bonds. The maximum Gasteiger partial charge on any atom is 0.279 e. The van der Waals surface area contributed by atoms with E-state index < -0.39 is 10.0 Å². The number of sulfonamides is 1. The second kappa shape index (κ2) is 7.91. The Bertz CT molecular complexity index is 804. The van der Waals surface area contributed by atoms with E-state index in [1.165, 1.54) is 18.2 Å². The number of methoxy groups -OCH3 is 1. The van der Waals surface area contributed by atoms with Gasteiger partial charge in [0.15, 0.2) is 6.54 Å². The molecule has 0 aliphatic heterocycles. The smallest absolute Gasteiger partial charge is 0.279 e. The number of nitrogens with two attached hydrogens (primary N) is 2. The molecule has 5 N–H and O–H groups in total. The summed E-state index contributed by atoms with van der Waals surface area (Å²) in [4.78, 5) is 11.9. The van der Waals surface area contributed by atoms with Crippen molar-refractivity contribution in [1.29, 1.82) is 0 Å². The van der Waals surface area contributed by atoms with Crippen molar-refractivity contribution in [3.63, 3.8) is 0 Å². The Morgan fingerprint density at radius 1 is 1.21 bits per heavy atom. The molecule has 0 heterocycles. The van der Waals surface area contributed by atoms with E-state index in [1.807, 2.05) is 29.6 Å². The molecule has 0 saturated heterocycles. The van der Waals surface area contributed by atoms with Crippen LogP contribution in [0.2, 0.25) is 0 Å². The zero-order valence-corrected chi connectivity index (χ0v) is 14.0. The minimum Gasteiger partial charge on any atom is -0.497 e. The van der Waals surface area contributed by atoms with E-state index in [4.69, 9.17) is 9.88 Å². The number of hydrogen-bond donors (Lipinski definition) is 3. The summed E-state index contributed by atoms with van der Waals surface area (Å²) in [6, 6.07) is 13.4. The molecule has 0 atom stereocenters. The van der Waals surface area contributed by atoms with E-state index in [2.05, 4.69) is 5.32 Å². The molecule has 128 valence electrons. The number of carbonyl (C=O) groups excluding carboxylic acids is 1. The van der Waals surface area contributed by atoms with Gasteiger partial charge >= 0.3 is 0 Å². The van der Waals surface area contributed by atoms with Crippen molar-refractivity contribution in [2.75, 3.05) is 19.0 Å². The minimum atomic E-state index is -3.79. The highest BCUT2D eigenvalue weighted by Crippen LogP contribution is 2.13. The normalized spacial score (nSPS) is 11.1. The molecule has 24 heavy (non-hydrogen) atoms. The molecule has 2 aromatic carbocycles. The van der Waals surface area contributed by atoms with Gasteiger partial charge in [0.25, 0.3) is 5.91 Å². The second-order valence-electron chi connectivity index (χ2n) is 5.17. The van der Waals surface area contributed by atoms with Crippen LogP contribution in [0.4, 0.5) is 5.69 Å². The van der Waals surface area contributed by atoms with Gasteiger partial charge in [-0.25, -0.2) is 13.6 Å². The maximum atomic E-state index is 11.9. The van der Waals surface area contributed by atoms with E-state index in [-0.39, 0.29) is 17.3 Å². The van der Waals surface area contributed by atoms with Crippen LogP contribution < -0.4 is 20.5 Å². The molecule has 7 nitrogen and oxygen atoms in total. The molecule has 0 aliphatic carbocycles. The highest BCUT2D eigenvalue weighted by Gasteiger charge is 2.10. The summed E-state index contributed by atoms with van der Waals surface area (Å²) in [7, 11) is -2.18. The number of carbonyl (C=O) groups is 1. The average molecular weight is 350 g/mol. The minimum absolute atomic E-state index is 0.0393. The molecule has 0 radical (unpaired) electrons. The van der Waals surface area contributed by atoms with Crippen molar-refractivity contribution in [2.45, 2.75) is 11.4 Å². The van der Waals surface area contributed by atoms with E-state index >= 15 is 0 Å². The summed E-state index contributed by atoms with van der Waals surface area (Å²) in [5.74, 6) is 0.557. The molecule has 8 heteroatoms. The first-order chi connectivity index (χ1) is 11.4.